The van der Waals surface area contributed by atoms with Crippen molar-refractivity contribution >= 4 is 11.5 Å². The van der Waals surface area contributed by atoms with E-state index >= 15 is 0 Å². The number of carbonyl (C=O) groups is 1. The zero-order chi connectivity index (χ0) is 14.9. The van der Waals surface area contributed by atoms with Crippen LogP contribution in [-0.4, -0.2) is 36.0 Å². The van der Waals surface area contributed by atoms with Gasteiger partial charge in [-0.3, -0.25) is 9.69 Å². The quantitative estimate of drug-likeness (QED) is 0.812. The van der Waals surface area contributed by atoms with Gasteiger partial charge in [0.25, 0.3) is 0 Å². The first-order valence-corrected chi connectivity index (χ1v) is 8.01. The summed E-state index contributed by atoms with van der Waals surface area (Å²) in [6, 6.07) is 20.5. The molecule has 0 N–H and O–H groups in total. The minimum atomic E-state index is -0.155. The van der Waals surface area contributed by atoms with Gasteiger partial charge >= 0.3 is 0 Å². The Morgan fingerprint density at radius 2 is 1.64 bits per heavy atom. The molecule has 2 atom stereocenters. The molecule has 2 heterocycles. The highest BCUT2D eigenvalue weighted by molar-refractivity contribution is 6.02. The van der Waals surface area contributed by atoms with Gasteiger partial charge in [0.15, 0.2) is 5.78 Å². The number of fused-ring (bicyclic) bond motifs is 1. The topological polar surface area (TPSA) is 23.6 Å². The van der Waals surface area contributed by atoms with Crippen LogP contribution in [0.25, 0.3) is 0 Å². The summed E-state index contributed by atoms with van der Waals surface area (Å²) >= 11 is 0. The Morgan fingerprint density at radius 3 is 2.36 bits per heavy atom. The van der Waals surface area contributed by atoms with Crippen LogP contribution >= 0.6 is 0 Å². The van der Waals surface area contributed by atoms with Crippen molar-refractivity contribution in [3.8, 4) is 0 Å². The number of ketones is 1. The van der Waals surface area contributed by atoms with Gasteiger partial charge in [-0.2, -0.15) is 0 Å². The van der Waals surface area contributed by atoms with Gasteiger partial charge in [0.1, 0.15) is 6.17 Å². The van der Waals surface area contributed by atoms with E-state index in [1.54, 1.807) is 0 Å². The molecule has 3 heteroatoms. The lowest BCUT2D eigenvalue weighted by atomic mass is 10.1. The molecule has 0 aliphatic carbocycles. The van der Waals surface area contributed by atoms with E-state index in [-0.39, 0.29) is 11.9 Å². The first-order valence-electron chi connectivity index (χ1n) is 8.01. The molecule has 1 unspecified atom stereocenters. The van der Waals surface area contributed by atoms with Crippen LogP contribution in [0.3, 0.4) is 0 Å². The number of nitrogens with zero attached hydrogens (tertiary/aromatic N) is 2. The third kappa shape index (κ3) is 2.22. The summed E-state index contributed by atoms with van der Waals surface area (Å²) in [5.41, 5.74) is 1.95. The maximum Gasteiger partial charge on any atom is 0.200 e. The van der Waals surface area contributed by atoms with E-state index in [2.05, 4.69) is 21.9 Å². The zero-order valence-electron chi connectivity index (χ0n) is 12.6. The lowest BCUT2D eigenvalue weighted by Crippen LogP contribution is -2.45. The van der Waals surface area contributed by atoms with Gasteiger partial charge in [-0.05, 0) is 25.0 Å². The fraction of sp³-hybridized carbons (Fsp3) is 0.316. The van der Waals surface area contributed by atoms with E-state index in [1.165, 1.54) is 12.8 Å². The van der Waals surface area contributed by atoms with E-state index in [4.69, 9.17) is 0 Å². The fourth-order valence-corrected chi connectivity index (χ4v) is 3.79. The Bertz CT molecular complexity index is 656. The standard InChI is InChI=1S/C19H20N2O/c22-18(15-8-3-1-4-9-15)19-20-13-7-12-17(20)14-21(19)16-10-5-2-6-11-16/h1-6,8-11,17,19H,7,12-14H2/t17-,19?/m0/s1. The second-order valence-electron chi connectivity index (χ2n) is 6.13. The molecule has 2 aromatic carbocycles. The molecule has 0 aromatic heterocycles. The van der Waals surface area contributed by atoms with Gasteiger partial charge in [0.05, 0.1) is 0 Å². The highest BCUT2D eigenvalue weighted by Crippen LogP contribution is 2.34. The van der Waals surface area contributed by atoms with Crippen molar-refractivity contribution < 1.29 is 4.79 Å². The van der Waals surface area contributed by atoms with Crippen molar-refractivity contribution in [2.45, 2.75) is 25.0 Å². The SMILES string of the molecule is O=C(c1ccccc1)C1N(c2ccccc2)C[C@@H]2CCCN12. The second kappa shape index (κ2) is 5.58. The first kappa shape index (κ1) is 13.5. The minimum absolute atomic E-state index is 0.155. The summed E-state index contributed by atoms with van der Waals surface area (Å²) in [4.78, 5) is 17.8. The molecule has 4 rings (SSSR count). The number of anilines is 1. The molecule has 2 aliphatic rings. The number of Topliss-reactive ketones (excluding diaryl/α,β-unsaturated/α-hetero) is 1. The van der Waals surface area contributed by atoms with E-state index in [0.717, 1.165) is 24.3 Å². The Balaban J connectivity index is 1.71. The number of hydrogen-bond donors (Lipinski definition) is 0. The Morgan fingerprint density at radius 1 is 0.955 bits per heavy atom. The molecule has 0 amide bonds. The van der Waals surface area contributed by atoms with Crippen LogP contribution in [0.5, 0.6) is 0 Å². The van der Waals surface area contributed by atoms with Crippen LogP contribution in [0, 0.1) is 0 Å². The van der Waals surface area contributed by atoms with Crippen LogP contribution < -0.4 is 4.90 Å². The first-order chi connectivity index (χ1) is 10.8. The monoisotopic (exact) mass is 292 g/mol. The number of para-hydroxylation sites is 1. The molecule has 0 saturated carbocycles. The largest absolute Gasteiger partial charge is 0.347 e. The predicted molar refractivity (Wildman–Crippen MR) is 88.1 cm³/mol. The summed E-state index contributed by atoms with van der Waals surface area (Å²) in [5.74, 6) is 0.217. The molecule has 2 aromatic rings. The molecule has 0 spiro atoms. The number of rotatable bonds is 3. The molecular formula is C19H20N2O. The van der Waals surface area contributed by atoms with Crippen LogP contribution in [0.4, 0.5) is 5.69 Å². The van der Waals surface area contributed by atoms with Crippen LogP contribution in [0.15, 0.2) is 60.7 Å². The zero-order valence-corrected chi connectivity index (χ0v) is 12.6. The van der Waals surface area contributed by atoms with E-state index in [0.29, 0.717) is 6.04 Å². The lowest BCUT2D eigenvalue weighted by Gasteiger charge is -2.29. The van der Waals surface area contributed by atoms with E-state index < -0.39 is 0 Å². The highest BCUT2D eigenvalue weighted by atomic mass is 16.1. The molecule has 112 valence electrons. The number of benzene rings is 2. The molecule has 0 radical (unpaired) electrons. The van der Waals surface area contributed by atoms with Crippen molar-refractivity contribution in [3.05, 3.63) is 66.2 Å². The summed E-state index contributed by atoms with van der Waals surface area (Å²) in [6.07, 6.45) is 2.24. The predicted octanol–water partition coefficient (Wildman–Crippen LogP) is 3.18. The molecular weight excluding hydrogens is 272 g/mol. The van der Waals surface area contributed by atoms with Gasteiger partial charge in [0, 0.05) is 30.4 Å². The Kier molecular flexibility index (Phi) is 3.43. The summed E-state index contributed by atoms with van der Waals surface area (Å²) in [5, 5.41) is 0. The average molecular weight is 292 g/mol. The van der Waals surface area contributed by atoms with Crippen molar-refractivity contribution in [2.75, 3.05) is 18.0 Å². The average Bonchev–Trinajstić information content (AvgIpc) is 3.16. The molecule has 2 aliphatic heterocycles. The molecule has 2 saturated heterocycles. The van der Waals surface area contributed by atoms with Gasteiger partial charge in [0.2, 0.25) is 0 Å². The highest BCUT2D eigenvalue weighted by Gasteiger charge is 2.45. The van der Waals surface area contributed by atoms with Crippen LogP contribution in [-0.2, 0) is 0 Å². The Hall–Kier alpha value is -2.13. The van der Waals surface area contributed by atoms with Gasteiger partial charge in [-0.1, -0.05) is 48.5 Å². The summed E-state index contributed by atoms with van der Waals surface area (Å²) in [6.45, 7) is 1.98. The van der Waals surface area contributed by atoms with E-state index in [9.17, 15) is 4.79 Å². The molecule has 22 heavy (non-hydrogen) atoms. The van der Waals surface area contributed by atoms with E-state index in [1.807, 2.05) is 48.5 Å². The van der Waals surface area contributed by atoms with Crippen LogP contribution in [0.2, 0.25) is 0 Å². The number of carbonyl (C=O) groups excluding carboxylic acids is 1. The van der Waals surface area contributed by atoms with Crippen molar-refractivity contribution in [3.63, 3.8) is 0 Å². The smallest absolute Gasteiger partial charge is 0.200 e. The van der Waals surface area contributed by atoms with Crippen molar-refractivity contribution in [2.24, 2.45) is 0 Å². The summed E-state index contributed by atoms with van der Waals surface area (Å²) < 4.78 is 0. The third-order valence-electron chi connectivity index (χ3n) is 4.82. The lowest BCUT2D eigenvalue weighted by molar-refractivity contribution is 0.0866. The normalized spacial score (nSPS) is 24.5. The van der Waals surface area contributed by atoms with Gasteiger partial charge < -0.3 is 4.90 Å². The molecule has 2 fully saturated rings. The maximum absolute atomic E-state index is 13.1. The summed E-state index contributed by atoms with van der Waals surface area (Å²) in [7, 11) is 0. The van der Waals surface area contributed by atoms with Gasteiger partial charge in [-0.25, -0.2) is 0 Å². The minimum Gasteiger partial charge on any atom is -0.347 e. The van der Waals surface area contributed by atoms with Crippen molar-refractivity contribution in [1.29, 1.82) is 0 Å². The van der Waals surface area contributed by atoms with Crippen molar-refractivity contribution in [1.82, 2.24) is 4.90 Å². The Labute approximate surface area is 131 Å². The molecule has 0 bridgehead atoms. The van der Waals surface area contributed by atoms with Crippen LogP contribution in [0.1, 0.15) is 23.2 Å². The number of hydrogen-bond acceptors (Lipinski definition) is 3. The third-order valence-corrected chi connectivity index (χ3v) is 4.82. The molecule has 3 nitrogen and oxygen atoms in total. The van der Waals surface area contributed by atoms with Gasteiger partial charge in [-0.15, -0.1) is 0 Å². The fourth-order valence-electron chi connectivity index (χ4n) is 3.79. The maximum atomic E-state index is 13.1. The second-order valence-corrected chi connectivity index (χ2v) is 6.13.